The quantitative estimate of drug-likeness (QED) is 0.618. The highest BCUT2D eigenvalue weighted by Crippen LogP contribution is 2.08. The van der Waals surface area contributed by atoms with Crippen LogP contribution in [0.25, 0.3) is 0 Å². The fraction of sp³-hybridized carbons (Fsp3) is 0.429. The first-order chi connectivity index (χ1) is 6.77. The van der Waals surface area contributed by atoms with Gasteiger partial charge in [0.15, 0.2) is 0 Å². The highest BCUT2D eigenvalue weighted by atomic mass is 14.0. The molecule has 1 rings (SSSR count). The normalized spacial score (nSPS) is 11.6. The van der Waals surface area contributed by atoms with Crippen molar-refractivity contribution in [1.82, 2.24) is 0 Å². The highest BCUT2D eigenvalue weighted by molar-refractivity contribution is 5.41. The van der Waals surface area contributed by atoms with Crippen LogP contribution in [0, 0.1) is 17.8 Å². The largest absolute Gasteiger partial charge is 0.0948 e. The van der Waals surface area contributed by atoms with Crippen molar-refractivity contribution in [2.24, 2.45) is 5.92 Å². The van der Waals surface area contributed by atoms with Gasteiger partial charge in [-0.05, 0) is 24.5 Å². The molecule has 0 nitrogen and oxygen atoms in total. The molecule has 0 saturated carbocycles. The van der Waals surface area contributed by atoms with Crippen molar-refractivity contribution >= 4 is 0 Å². The first kappa shape index (κ1) is 10.9. The molecule has 0 saturated heterocycles. The zero-order valence-corrected chi connectivity index (χ0v) is 9.30. The molecule has 0 radical (unpaired) electrons. The van der Waals surface area contributed by atoms with Gasteiger partial charge >= 0.3 is 0 Å². The number of benzene rings is 1. The molecule has 1 aromatic carbocycles. The lowest BCUT2D eigenvalue weighted by molar-refractivity contribution is 0.723. The molecule has 0 aliphatic heterocycles. The molecule has 1 atom stereocenters. The molecule has 0 heterocycles. The molecule has 0 heteroatoms. The molecular formula is C14H18. The monoisotopic (exact) mass is 186 g/mol. The summed E-state index contributed by atoms with van der Waals surface area (Å²) in [4.78, 5) is 0. The Morgan fingerprint density at radius 1 is 1.21 bits per heavy atom. The van der Waals surface area contributed by atoms with Gasteiger partial charge in [-0.1, -0.05) is 50.8 Å². The number of rotatable bonds is 2. The van der Waals surface area contributed by atoms with Crippen LogP contribution < -0.4 is 0 Å². The predicted molar refractivity (Wildman–Crippen MR) is 62.2 cm³/mol. The van der Waals surface area contributed by atoms with E-state index in [0.29, 0.717) is 5.92 Å². The van der Waals surface area contributed by atoms with Crippen molar-refractivity contribution in [2.45, 2.75) is 33.6 Å². The van der Waals surface area contributed by atoms with Crippen LogP contribution in [0.15, 0.2) is 24.3 Å². The minimum Gasteiger partial charge on any atom is -0.0948 e. The van der Waals surface area contributed by atoms with Gasteiger partial charge in [0.2, 0.25) is 0 Å². The summed E-state index contributed by atoms with van der Waals surface area (Å²) in [5, 5.41) is 0. The van der Waals surface area contributed by atoms with E-state index in [1.54, 1.807) is 0 Å². The second-order valence-corrected chi connectivity index (χ2v) is 3.59. The Labute approximate surface area is 87.4 Å². The van der Waals surface area contributed by atoms with Gasteiger partial charge in [-0.15, -0.1) is 0 Å². The molecule has 0 spiro atoms. The second-order valence-electron chi connectivity index (χ2n) is 3.59. The summed E-state index contributed by atoms with van der Waals surface area (Å²) in [6.07, 6.45) is 2.19. The molecular weight excluding hydrogens is 168 g/mol. The minimum atomic E-state index is 0.500. The molecule has 1 aromatic rings. The number of hydrogen-bond donors (Lipinski definition) is 0. The molecule has 0 amide bonds. The topological polar surface area (TPSA) is 0 Å². The second kappa shape index (κ2) is 5.50. The van der Waals surface area contributed by atoms with Crippen molar-refractivity contribution in [3.63, 3.8) is 0 Å². The van der Waals surface area contributed by atoms with Crippen molar-refractivity contribution in [3.05, 3.63) is 35.4 Å². The summed E-state index contributed by atoms with van der Waals surface area (Å²) in [7, 11) is 0. The smallest absolute Gasteiger partial charge is 0.0277 e. The van der Waals surface area contributed by atoms with E-state index in [2.05, 4.69) is 56.9 Å². The summed E-state index contributed by atoms with van der Waals surface area (Å²) in [5.41, 5.74) is 2.54. The first-order valence-electron chi connectivity index (χ1n) is 5.37. The van der Waals surface area contributed by atoms with E-state index in [-0.39, 0.29) is 0 Å². The van der Waals surface area contributed by atoms with Gasteiger partial charge in [0.05, 0.1) is 0 Å². The summed E-state index contributed by atoms with van der Waals surface area (Å²) in [6, 6.07) is 8.39. The first-order valence-corrected chi connectivity index (χ1v) is 5.37. The third kappa shape index (κ3) is 2.92. The van der Waals surface area contributed by atoms with E-state index in [9.17, 15) is 0 Å². The predicted octanol–water partition coefficient (Wildman–Crippen LogP) is 3.65. The SMILES string of the molecule is CCc1ccccc1C#CC(C)CC. The Hall–Kier alpha value is -1.22. The van der Waals surface area contributed by atoms with Gasteiger partial charge in [0.25, 0.3) is 0 Å². The zero-order valence-electron chi connectivity index (χ0n) is 9.30. The molecule has 0 bridgehead atoms. The Morgan fingerprint density at radius 2 is 1.93 bits per heavy atom. The van der Waals surface area contributed by atoms with E-state index >= 15 is 0 Å². The molecule has 0 aliphatic rings. The zero-order chi connectivity index (χ0) is 10.4. The Morgan fingerprint density at radius 3 is 2.57 bits per heavy atom. The summed E-state index contributed by atoms with van der Waals surface area (Å²) in [6.45, 7) is 6.51. The third-order valence-electron chi connectivity index (χ3n) is 2.46. The third-order valence-corrected chi connectivity index (χ3v) is 2.46. The molecule has 1 unspecified atom stereocenters. The number of hydrogen-bond acceptors (Lipinski definition) is 0. The van der Waals surface area contributed by atoms with E-state index in [1.807, 2.05) is 0 Å². The van der Waals surface area contributed by atoms with E-state index in [0.717, 1.165) is 12.8 Å². The Bertz CT molecular complexity index is 339. The fourth-order valence-corrected chi connectivity index (χ4v) is 1.25. The summed E-state index contributed by atoms with van der Waals surface area (Å²) in [5.74, 6) is 7.04. The standard InChI is InChI=1S/C14H18/c1-4-12(3)10-11-14-9-7-6-8-13(14)5-2/h6-9,12H,4-5H2,1-3H3. The van der Waals surface area contributed by atoms with Gasteiger partial charge in [-0.25, -0.2) is 0 Å². The van der Waals surface area contributed by atoms with Crippen LogP contribution in [-0.2, 0) is 6.42 Å². The van der Waals surface area contributed by atoms with E-state index in [4.69, 9.17) is 0 Å². The van der Waals surface area contributed by atoms with Crippen molar-refractivity contribution in [1.29, 1.82) is 0 Å². The fourth-order valence-electron chi connectivity index (χ4n) is 1.25. The maximum atomic E-state index is 3.27. The lowest BCUT2D eigenvalue weighted by Gasteiger charge is -2.00. The van der Waals surface area contributed by atoms with Crippen LogP contribution in [0.3, 0.4) is 0 Å². The average molecular weight is 186 g/mol. The molecule has 0 aromatic heterocycles. The van der Waals surface area contributed by atoms with E-state index in [1.165, 1.54) is 11.1 Å². The van der Waals surface area contributed by atoms with Crippen molar-refractivity contribution in [3.8, 4) is 11.8 Å². The maximum Gasteiger partial charge on any atom is 0.0277 e. The van der Waals surface area contributed by atoms with Crippen LogP contribution >= 0.6 is 0 Å². The molecule has 0 aliphatic carbocycles. The van der Waals surface area contributed by atoms with Crippen molar-refractivity contribution in [2.75, 3.05) is 0 Å². The van der Waals surface area contributed by atoms with Crippen LogP contribution in [0.1, 0.15) is 38.3 Å². The number of aryl methyl sites for hydroxylation is 1. The maximum absolute atomic E-state index is 3.27. The molecule has 0 fully saturated rings. The molecule has 0 N–H and O–H groups in total. The van der Waals surface area contributed by atoms with Gasteiger partial charge in [-0.2, -0.15) is 0 Å². The van der Waals surface area contributed by atoms with Crippen LogP contribution in [0.5, 0.6) is 0 Å². The van der Waals surface area contributed by atoms with Crippen molar-refractivity contribution < 1.29 is 0 Å². The molecule has 74 valence electrons. The van der Waals surface area contributed by atoms with Gasteiger partial charge in [0.1, 0.15) is 0 Å². The van der Waals surface area contributed by atoms with Crippen LogP contribution in [-0.4, -0.2) is 0 Å². The Balaban J connectivity index is 2.88. The van der Waals surface area contributed by atoms with E-state index < -0.39 is 0 Å². The van der Waals surface area contributed by atoms with Gasteiger partial charge in [0, 0.05) is 11.5 Å². The average Bonchev–Trinajstić information content (AvgIpc) is 2.26. The van der Waals surface area contributed by atoms with Gasteiger partial charge < -0.3 is 0 Å². The summed E-state index contributed by atoms with van der Waals surface area (Å²) >= 11 is 0. The summed E-state index contributed by atoms with van der Waals surface area (Å²) < 4.78 is 0. The van der Waals surface area contributed by atoms with Gasteiger partial charge in [-0.3, -0.25) is 0 Å². The lowest BCUT2D eigenvalue weighted by Crippen LogP contribution is -1.89. The van der Waals surface area contributed by atoms with Crippen LogP contribution in [0.4, 0.5) is 0 Å². The molecule has 14 heavy (non-hydrogen) atoms. The highest BCUT2D eigenvalue weighted by Gasteiger charge is 1.95. The minimum absolute atomic E-state index is 0.500. The lowest BCUT2D eigenvalue weighted by atomic mass is 10.0. The Kier molecular flexibility index (Phi) is 4.26. The van der Waals surface area contributed by atoms with Crippen LogP contribution in [0.2, 0.25) is 0 Å².